The van der Waals surface area contributed by atoms with Crippen molar-refractivity contribution in [1.29, 1.82) is 0 Å². The van der Waals surface area contributed by atoms with E-state index in [0.29, 0.717) is 24.5 Å². The second kappa shape index (κ2) is 8.19. The van der Waals surface area contributed by atoms with Crippen LogP contribution in [-0.2, 0) is 4.79 Å². The van der Waals surface area contributed by atoms with E-state index in [-0.39, 0.29) is 5.91 Å². The fourth-order valence-corrected chi connectivity index (χ4v) is 3.99. The van der Waals surface area contributed by atoms with E-state index in [1.807, 2.05) is 0 Å². The molecule has 0 aromatic rings. The molecule has 6 heteroatoms. The number of rotatable bonds is 5. The molecule has 3 N–H and O–H groups in total. The van der Waals surface area contributed by atoms with Crippen LogP contribution < -0.4 is 16.0 Å². The van der Waals surface area contributed by atoms with Crippen LogP contribution in [0, 0.1) is 5.92 Å². The summed E-state index contributed by atoms with van der Waals surface area (Å²) < 4.78 is 0. The molecular weight excluding hydrogens is 302 g/mol. The molecule has 3 aliphatic rings. The summed E-state index contributed by atoms with van der Waals surface area (Å²) in [6.45, 7) is 4.84. The Morgan fingerprint density at radius 2 is 1.83 bits per heavy atom. The lowest BCUT2D eigenvalue weighted by Crippen LogP contribution is -2.50. The van der Waals surface area contributed by atoms with Gasteiger partial charge in [-0.15, -0.1) is 0 Å². The minimum absolute atomic E-state index is 0.0731. The number of carbonyl (C=O) groups excluding carboxylic acids is 1. The molecule has 6 nitrogen and oxygen atoms in total. The molecule has 2 unspecified atom stereocenters. The van der Waals surface area contributed by atoms with Crippen molar-refractivity contribution in [2.45, 2.75) is 70.0 Å². The van der Waals surface area contributed by atoms with Gasteiger partial charge < -0.3 is 16.0 Å². The van der Waals surface area contributed by atoms with Crippen molar-refractivity contribution in [1.82, 2.24) is 20.9 Å². The third-order valence-corrected chi connectivity index (χ3v) is 5.64. The Morgan fingerprint density at radius 3 is 2.50 bits per heavy atom. The summed E-state index contributed by atoms with van der Waals surface area (Å²) in [6.07, 6.45) is 8.72. The quantitative estimate of drug-likeness (QED) is 0.519. The Morgan fingerprint density at radius 1 is 1.08 bits per heavy atom. The van der Waals surface area contributed by atoms with Crippen molar-refractivity contribution < 1.29 is 4.79 Å². The number of aliphatic imine (C=N–C) groups is 1. The normalized spacial score (nSPS) is 29.5. The highest BCUT2D eigenvalue weighted by molar-refractivity contribution is 5.86. The minimum Gasteiger partial charge on any atom is -0.352 e. The highest BCUT2D eigenvalue weighted by Crippen LogP contribution is 2.31. The second-order valence-electron chi connectivity index (χ2n) is 7.74. The highest BCUT2D eigenvalue weighted by Gasteiger charge is 2.38. The maximum atomic E-state index is 12.1. The fraction of sp³-hybridized carbons (Fsp3) is 0.889. The van der Waals surface area contributed by atoms with Crippen molar-refractivity contribution in [3.8, 4) is 0 Å². The van der Waals surface area contributed by atoms with E-state index in [1.54, 1.807) is 7.05 Å². The molecule has 24 heavy (non-hydrogen) atoms. The fourth-order valence-electron chi connectivity index (χ4n) is 3.99. The van der Waals surface area contributed by atoms with Gasteiger partial charge in [-0.2, -0.15) is 0 Å². The number of amides is 1. The average Bonchev–Trinajstić information content (AvgIpc) is 3.37. The van der Waals surface area contributed by atoms with Gasteiger partial charge in [0, 0.05) is 38.3 Å². The van der Waals surface area contributed by atoms with Crippen molar-refractivity contribution in [2.24, 2.45) is 10.9 Å². The summed E-state index contributed by atoms with van der Waals surface area (Å²) in [5, 5.41) is 9.82. The zero-order valence-corrected chi connectivity index (χ0v) is 15.2. The number of likely N-dealkylation sites (tertiary alicyclic amines) is 1. The Hall–Kier alpha value is -1.30. The highest BCUT2D eigenvalue weighted by atomic mass is 16.2. The van der Waals surface area contributed by atoms with Crippen LogP contribution in [0.5, 0.6) is 0 Å². The lowest BCUT2D eigenvalue weighted by molar-refractivity contribution is -0.120. The molecule has 0 spiro atoms. The number of nitrogens with zero attached hydrogens (tertiary/aromatic N) is 2. The van der Waals surface area contributed by atoms with E-state index in [0.717, 1.165) is 31.4 Å². The molecule has 0 bridgehead atoms. The van der Waals surface area contributed by atoms with Gasteiger partial charge in [-0.25, -0.2) is 0 Å². The topological polar surface area (TPSA) is 68.8 Å². The van der Waals surface area contributed by atoms with E-state index < -0.39 is 0 Å². The average molecular weight is 335 g/mol. The van der Waals surface area contributed by atoms with Crippen LogP contribution in [-0.4, -0.2) is 61.6 Å². The first-order chi connectivity index (χ1) is 11.7. The van der Waals surface area contributed by atoms with Crippen molar-refractivity contribution >= 4 is 11.9 Å². The molecule has 1 saturated heterocycles. The lowest BCUT2D eigenvalue weighted by Gasteiger charge is -2.23. The SMILES string of the molecule is CN=C(NCC(=O)NC1CCCCC1)NC1CN(C2CC2)CC1C. The maximum absolute atomic E-state index is 12.1. The van der Waals surface area contributed by atoms with Gasteiger partial charge in [-0.05, 0) is 31.6 Å². The zero-order valence-electron chi connectivity index (χ0n) is 15.2. The Balaban J connectivity index is 1.39. The number of nitrogens with one attached hydrogen (secondary N) is 3. The minimum atomic E-state index is 0.0731. The van der Waals surface area contributed by atoms with Crippen LogP contribution >= 0.6 is 0 Å². The Labute approximate surface area is 145 Å². The van der Waals surface area contributed by atoms with Gasteiger partial charge in [-0.1, -0.05) is 26.2 Å². The molecule has 0 aromatic carbocycles. The van der Waals surface area contributed by atoms with E-state index in [4.69, 9.17) is 0 Å². The third-order valence-electron chi connectivity index (χ3n) is 5.64. The molecule has 136 valence electrons. The maximum Gasteiger partial charge on any atom is 0.239 e. The van der Waals surface area contributed by atoms with Gasteiger partial charge in [-0.3, -0.25) is 14.7 Å². The summed E-state index contributed by atoms with van der Waals surface area (Å²) in [7, 11) is 1.77. The smallest absolute Gasteiger partial charge is 0.239 e. The van der Waals surface area contributed by atoms with Crippen LogP contribution in [0.3, 0.4) is 0 Å². The van der Waals surface area contributed by atoms with Crippen molar-refractivity contribution in [3.05, 3.63) is 0 Å². The molecule has 0 aromatic heterocycles. The predicted octanol–water partition coefficient (Wildman–Crippen LogP) is 1.08. The monoisotopic (exact) mass is 335 g/mol. The Bertz CT molecular complexity index is 456. The number of hydrogen-bond donors (Lipinski definition) is 3. The van der Waals surface area contributed by atoms with Gasteiger partial charge in [0.1, 0.15) is 0 Å². The zero-order chi connectivity index (χ0) is 16.9. The number of guanidine groups is 1. The second-order valence-corrected chi connectivity index (χ2v) is 7.74. The van der Waals surface area contributed by atoms with Crippen LogP contribution in [0.15, 0.2) is 4.99 Å². The van der Waals surface area contributed by atoms with E-state index in [1.165, 1.54) is 38.6 Å². The van der Waals surface area contributed by atoms with Gasteiger partial charge >= 0.3 is 0 Å². The molecule has 2 atom stereocenters. The summed E-state index contributed by atoms with van der Waals surface area (Å²) in [5.74, 6) is 1.42. The van der Waals surface area contributed by atoms with E-state index in [9.17, 15) is 4.79 Å². The van der Waals surface area contributed by atoms with Crippen molar-refractivity contribution in [3.63, 3.8) is 0 Å². The molecule has 2 aliphatic carbocycles. The van der Waals surface area contributed by atoms with Gasteiger partial charge in [0.15, 0.2) is 5.96 Å². The first-order valence-corrected chi connectivity index (χ1v) is 9.66. The Kier molecular flexibility index (Phi) is 5.98. The largest absolute Gasteiger partial charge is 0.352 e. The molecular formula is C18H33N5O. The van der Waals surface area contributed by atoms with Crippen LogP contribution in [0.2, 0.25) is 0 Å². The molecule has 1 heterocycles. The summed E-state index contributed by atoms with van der Waals surface area (Å²) in [5.41, 5.74) is 0. The standard InChI is InChI=1S/C18H33N5O/c1-13-11-23(15-8-9-15)12-16(13)22-18(19-2)20-10-17(24)21-14-6-4-3-5-7-14/h13-16H,3-12H2,1-2H3,(H,21,24)(H2,19,20,22). The summed E-state index contributed by atoms with van der Waals surface area (Å²) in [4.78, 5) is 19.0. The molecule has 2 saturated carbocycles. The van der Waals surface area contributed by atoms with E-state index in [2.05, 4.69) is 32.8 Å². The van der Waals surface area contributed by atoms with E-state index >= 15 is 0 Å². The first-order valence-electron chi connectivity index (χ1n) is 9.66. The van der Waals surface area contributed by atoms with Crippen LogP contribution in [0.1, 0.15) is 51.9 Å². The number of carbonyl (C=O) groups is 1. The van der Waals surface area contributed by atoms with Gasteiger partial charge in [0.05, 0.1) is 6.54 Å². The third kappa shape index (κ3) is 4.85. The first kappa shape index (κ1) is 17.5. The van der Waals surface area contributed by atoms with Crippen molar-refractivity contribution in [2.75, 3.05) is 26.7 Å². The van der Waals surface area contributed by atoms with Crippen LogP contribution in [0.25, 0.3) is 0 Å². The molecule has 1 aliphatic heterocycles. The molecule has 0 radical (unpaired) electrons. The lowest BCUT2D eigenvalue weighted by atomic mass is 9.95. The van der Waals surface area contributed by atoms with Gasteiger partial charge in [0.2, 0.25) is 5.91 Å². The molecule has 3 rings (SSSR count). The summed E-state index contributed by atoms with van der Waals surface area (Å²) in [6, 6.07) is 1.60. The number of hydrogen-bond acceptors (Lipinski definition) is 3. The molecule has 1 amide bonds. The summed E-state index contributed by atoms with van der Waals surface area (Å²) >= 11 is 0. The van der Waals surface area contributed by atoms with Gasteiger partial charge in [0.25, 0.3) is 0 Å². The molecule has 3 fully saturated rings. The van der Waals surface area contributed by atoms with Crippen LogP contribution in [0.4, 0.5) is 0 Å². The predicted molar refractivity (Wildman–Crippen MR) is 97.1 cm³/mol.